The van der Waals surface area contributed by atoms with Crippen molar-refractivity contribution in [2.24, 2.45) is 4.99 Å². The lowest BCUT2D eigenvalue weighted by Crippen LogP contribution is -2.12. The van der Waals surface area contributed by atoms with E-state index in [0.29, 0.717) is 4.90 Å². The summed E-state index contributed by atoms with van der Waals surface area (Å²) in [6, 6.07) is 5.77. The van der Waals surface area contributed by atoms with Crippen LogP contribution in [0.5, 0.6) is 0 Å². The van der Waals surface area contributed by atoms with E-state index in [1.165, 1.54) is 26.0 Å². The summed E-state index contributed by atoms with van der Waals surface area (Å²) in [6.07, 6.45) is -3.56. The predicted octanol–water partition coefficient (Wildman–Crippen LogP) is 4.70. The van der Waals surface area contributed by atoms with Crippen molar-refractivity contribution in [2.45, 2.75) is 23.9 Å². The summed E-state index contributed by atoms with van der Waals surface area (Å²) in [6.45, 7) is 0.782. The number of aromatic nitrogens is 1. The summed E-state index contributed by atoms with van der Waals surface area (Å²) in [7, 11) is 1.49. The Balaban J connectivity index is 2.24. The maximum absolute atomic E-state index is 13.9. The van der Waals surface area contributed by atoms with E-state index in [9.17, 15) is 26.3 Å². The molecule has 2 rings (SSSR count). The normalized spacial score (nSPS) is 13.1. The van der Waals surface area contributed by atoms with Gasteiger partial charge in [0, 0.05) is 29.2 Å². The fraction of sp³-hybridized carbons (Fsp3) is 0.250. The Morgan fingerprint density at radius 3 is 2.38 bits per heavy atom. The number of pyridine rings is 1. The molecule has 0 saturated carbocycles. The third-order valence-corrected chi connectivity index (χ3v) is 4.41. The lowest BCUT2D eigenvalue weighted by Gasteiger charge is -2.10. The first-order valence-electron chi connectivity index (χ1n) is 7.35. The van der Waals surface area contributed by atoms with Crippen molar-refractivity contribution in [2.75, 3.05) is 5.75 Å². The van der Waals surface area contributed by atoms with Crippen LogP contribution < -0.4 is 0 Å². The molecule has 0 aliphatic carbocycles. The summed E-state index contributed by atoms with van der Waals surface area (Å²) in [5, 5.41) is 0. The molecule has 2 aromatic rings. The molecule has 0 bridgehead atoms. The van der Waals surface area contributed by atoms with Crippen molar-refractivity contribution in [3.05, 3.63) is 53.6 Å². The third kappa shape index (κ3) is 5.79. The van der Waals surface area contributed by atoms with Crippen LogP contribution in [0, 0.1) is 5.82 Å². The van der Waals surface area contributed by atoms with Crippen LogP contribution in [0.3, 0.4) is 0 Å². The minimum atomic E-state index is -4.55. The minimum absolute atomic E-state index is 0.0909. The van der Waals surface area contributed by atoms with Crippen molar-refractivity contribution in [3.63, 3.8) is 0 Å². The Morgan fingerprint density at radius 1 is 1.15 bits per heavy atom. The quantitative estimate of drug-likeness (QED) is 0.320. The van der Waals surface area contributed by atoms with Crippen LogP contribution in [0.1, 0.15) is 18.2 Å². The van der Waals surface area contributed by atoms with Crippen molar-refractivity contribution < 1.29 is 26.3 Å². The van der Waals surface area contributed by atoms with E-state index in [1.54, 1.807) is 0 Å². The van der Waals surface area contributed by atoms with Crippen molar-refractivity contribution >= 4 is 30.9 Å². The van der Waals surface area contributed by atoms with Gasteiger partial charge < -0.3 is 0 Å². The Labute approximate surface area is 151 Å². The highest BCUT2D eigenvalue weighted by molar-refractivity contribution is 7.99. The van der Waals surface area contributed by atoms with Crippen LogP contribution in [0.2, 0.25) is 0 Å². The number of thioether (sulfide) groups is 1. The van der Waals surface area contributed by atoms with Gasteiger partial charge in [-0.05, 0) is 24.3 Å². The van der Waals surface area contributed by atoms with Gasteiger partial charge in [0.1, 0.15) is 11.5 Å². The molecular weight excluding hydrogens is 377 g/mol. The van der Waals surface area contributed by atoms with Gasteiger partial charge in [-0.2, -0.15) is 13.2 Å². The number of nitrogens with zero attached hydrogens (tertiary/aromatic N) is 2. The Hall–Kier alpha value is -1.97. The van der Waals surface area contributed by atoms with Gasteiger partial charge in [-0.3, -0.25) is 9.98 Å². The molecule has 1 heterocycles. The van der Waals surface area contributed by atoms with Crippen LogP contribution in [0.15, 0.2) is 46.4 Å². The van der Waals surface area contributed by atoms with Crippen LogP contribution in [0.25, 0.3) is 0 Å². The number of rotatable bonds is 5. The zero-order valence-corrected chi connectivity index (χ0v) is 14.6. The molecule has 1 aromatic heterocycles. The lowest BCUT2D eigenvalue weighted by atomic mass is 9.94. The van der Waals surface area contributed by atoms with Crippen molar-refractivity contribution in [3.8, 4) is 0 Å². The maximum atomic E-state index is 13.9. The first-order valence-corrected chi connectivity index (χ1v) is 8.33. The van der Waals surface area contributed by atoms with Crippen LogP contribution in [-0.2, 0) is 6.18 Å². The second-order valence-electron chi connectivity index (χ2n) is 5.60. The largest absolute Gasteiger partial charge is 0.433 e. The zero-order chi connectivity index (χ0) is 19.5. The van der Waals surface area contributed by atoms with E-state index in [0.717, 1.165) is 37.0 Å². The number of benzene rings is 1. The van der Waals surface area contributed by atoms with Gasteiger partial charge in [-0.1, -0.05) is 6.07 Å². The van der Waals surface area contributed by atoms with Crippen molar-refractivity contribution in [1.82, 2.24) is 4.98 Å². The Bertz CT molecular complexity index is 800. The molecule has 0 fully saturated rings. The topological polar surface area (TPSA) is 25.2 Å². The monoisotopic (exact) mass is 390 g/mol. The van der Waals surface area contributed by atoms with E-state index < -0.39 is 29.4 Å². The van der Waals surface area contributed by atoms with E-state index in [4.69, 9.17) is 0 Å². The molecule has 0 unspecified atom stereocenters. The second kappa shape index (κ2) is 7.73. The Kier molecular flexibility index (Phi) is 6.05. The van der Waals surface area contributed by atoms with Crippen LogP contribution in [-0.4, -0.2) is 30.1 Å². The molecule has 0 amide bonds. The maximum Gasteiger partial charge on any atom is 0.433 e. The van der Waals surface area contributed by atoms with Gasteiger partial charge in [0.05, 0.1) is 11.4 Å². The molecule has 0 atom stereocenters. The number of hydrogen-bond donors (Lipinski definition) is 0. The van der Waals surface area contributed by atoms with E-state index in [1.807, 2.05) is 0 Å². The van der Waals surface area contributed by atoms with Crippen LogP contribution in [0.4, 0.5) is 32.0 Å². The first kappa shape index (κ1) is 20.3. The molecule has 0 aliphatic rings. The summed E-state index contributed by atoms with van der Waals surface area (Å²) in [4.78, 5) is 7.77. The molecule has 1 aromatic carbocycles. The Morgan fingerprint density at radius 2 is 1.85 bits per heavy atom. The molecule has 26 heavy (non-hydrogen) atoms. The summed E-state index contributed by atoms with van der Waals surface area (Å²) < 4.78 is 77.3. The molecule has 10 heteroatoms. The average Bonchev–Trinajstić information content (AvgIpc) is 2.54. The molecule has 0 aliphatic heterocycles. The predicted molar refractivity (Wildman–Crippen MR) is 91.7 cm³/mol. The zero-order valence-electron chi connectivity index (χ0n) is 13.7. The number of halogens is 6. The summed E-state index contributed by atoms with van der Waals surface area (Å²) in [5.74, 6) is -4.01. The summed E-state index contributed by atoms with van der Waals surface area (Å²) >= 11 is 0.855. The van der Waals surface area contributed by atoms with Gasteiger partial charge in [0.25, 0.3) is 5.92 Å². The highest BCUT2D eigenvalue weighted by Crippen LogP contribution is 2.30. The van der Waals surface area contributed by atoms with Gasteiger partial charge in [0.15, 0.2) is 7.85 Å². The molecule has 138 valence electrons. The van der Waals surface area contributed by atoms with Crippen molar-refractivity contribution in [1.29, 1.82) is 0 Å². The van der Waals surface area contributed by atoms with E-state index in [2.05, 4.69) is 9.98 Å². The van der Waals surface area contributed by atoms with Gasteiger partial charge in [-0.25, -0.2) is 13.2 Å². The fourth-order valence-electron chi connectivity index (χ4n) is 1.90. The molecular formula is C16H13BF6N2S. The average molecular weight is 390 g/mol. The molecule has 0 radical (unpaired) electrons. The molecule has 0 N–H and O–H groups in total. The van der Waals surface area contributed by atoms with E-state index in [-0.39, 0.29) is 16.9 Å². The third-order valence-electron chi connectivity index (χ3n) is 3.17. The first-order chi connectivity index (χ1) is 12.0. The number of alkyl halides is 5. The SMILES string of the molecule is B/C(=N\c1cc(SCC(C)(F)F)ccc1F)c1ccc(C(F)(F)F)nc1. The lowest BCUT2D eigenvalue weighted by molar-refractivity contribution is -0.141. The summed E-state index contributed by atoms with van der Waals surface area (Å²) in [5.41, 5.74) is -0.602. The number of hydrogen-bond acceptors (Lipinski definition) is 3. The fourth-order valence-corrected chi connectivity index (χ4v) is 2.68. The standard InChI is InChI=1S/C16H13BF6N2S/c1-15(19,20)8-26-10-3-4-11(18)12(6-10)25-14(17)9-2-5-13(24-7-9)16(21,22)23/h2-7H,8,17H2,1H3/b25-14-. The van der Waals surface area contributed by atoms with Gasteiger partial charge in [0.2, 0.25) is 0 Å². The highest BCUT2D eigenvalue weighted by Gasteiger charge is 2.32. The van der Waals surface area contributed by atoms with E-state index >= 15 is 0 Å². The smallest absolute Gasteiger partial charge is 0.261 e. The molecule has 2 nitrogen and oxygen atoms in total. The molecule has 0 saturated heterocycles. The highest BCUT2D eigenvalue weighted by atomic mass is 32.2. The minimum Gasteiger partial charge on any atom is -0.261 e. The number of aliphatic imine (C=N–C) groups is 1. The molecule has 0 spiro atoms. The second-order valence-corrected chi connectivity index (χ2v) is 6.65. The van der Waals surface area contributed by atoms with Gasteiger partial charge in [-0.15, -0.1) is 11.8 Å². The van der Waals surface area contributed by atoms with Crippen LogP contribution >= 0.6 is 11.8 Å². The van der Waals surface area contributed by atoms with Gasteiger partial charge >= 0.3 is 6.18 Å².